The Labute approximate surface area is 123 Å². The summed E-state index contributed by atoms with van der Waals surface area (Å²) in [5.41, 5.74) is 1.55. The quantitative estimate of drug-likeness (QED) is 0.799. The number of ether oxygens (including phenoxy) is 1. The van der Waals surface area contributed by atoms with Crippen LogP contribution >= 0.6 is 0 Å². The van der Waals surface area contributed by atoms with Crippen LogP contribution in [0.1, 0.15) is 58.6 Å². The van der Waals surface area contributed by atoms with E-state index in [1.165, 1.54) is 12.8 Å². The van der Waals surface area contributed by atoms with E-state index in [1.54, 1.807) is 0 Å². The van der Waals surface area contributed by atoms with Gasteiger partial charge in [-0.15, -0.1) is 0 Å². The van der Waals surface area contributed by atoms with Crippen molar-refractivity contribution in [2.75, 3.05) is 6.54 Å². The number of nitrogens with zero attached hydrogens (tertiary/aromatic N) is 1. The lowest BCUT2D eigenvalue weighted by Crippen LogP contribution is -2.28. The Balaban J connectivity index is 1.85. The van der Waals surface area contributed by atoms with Crippen molar-refractivity contribution >= 4 is 0 Å². The summed E-state index contributed by atoms with van der Waals surface area (Å²) in [5, 5.41) is 3.37. The molecule has 0 bridgehead atoms. The van der Waals surface area contributed by atoms with Crippen LogP contribution in [0.3, 0.4) is 0 Å². The van der Waals surface area contributed by atoms with Crippen molar-refractivity contribution < 1.29 is 4.74 Å². The van der Waals surface area contributed by atoms with Crippen LogP contribution in [-0.2, 0) is 6.54 Å². The van der Waals surface area contributed by atoms with Gasteiger partial charge in [0.2, 0.25) is 5.88 Å². The zero-order valence-electron chi connectivity index (χ0n) is 13.1. The molecule has 1 aliphatic carbocycles. The topological polar surface area (TPSA) is 34.1 Å². The van der Waals surface area contributed by atoms with Crippen LogP contribution < -0.4 is 10.1 Å². The monoisotopic (exact) mass is 276 g/mol. The number of hydrogen-bond acceptors (Lipinski definition) is 3. The van der Waals surface area contributed by atoms with E-state index in [0.717, 1.165) is 43.9 Å². The molecule has 20 heavy (non-hydrogen) atoms. The van der Waals surface area contributed by atoms with E-state index in [0.29, 0.717) is 11.5 Å². The molecule has 0 amide bonds. The summed E-state index contributed by atoms with van der Waals surface area (Å²) >= 11 is 0. The lowest BCUT2D eigenvalue weighted by molar-refractivity contribution is 0.0947. The van der Waals surface area contributed by atoms with Crippen LogP contribution in [0.4, 0.5) is 0 Å². The number of aromatic nitrogens is 1. The Morgan fingerprint density at radius 1 is 1.30 bits per heavy atom. The highest BCUT2D eigenvalue weighted by atomic mass is 16.5. The van der Waals surface area contributed by atoms with Crippen LogP contribution in [0.2, 0.25) is 0 Å². The average molecular weight is 276 g/mol. The molecular weight excluding hydrogens is 248 g/mol. The average Bonchev–Trinajstić information content (AvgIpc) is 2.42. The van der Waals surface area contributed by atoms with Crippen molar-refractivity contribution in [2.24, 2.45) is 5.41 Å². The third-order valence-corrected chi connectivity index (χ3v) is 4.09. The molecule has 0 radical (unpaired) electrons. The van der Waals surface area contributed by atoms with Gasteiger partial charge in [-0.05, 0) is 50.1 Å². The number of hydrogen-bond donors (Lipinski definition) is 1. The van der Waals surface area contributed by atoms with E-state index in [2.05, 4.69) is 37.1 Å². The molecule has 1 aromatic heterocycles. The van der Waals surface area contributed by atoms with Crippen LogP contribution in [0, 0.1) is 5.41 Å². The predicted molar refractivity (Wildman–Crippen MR) is 82.9 cm³/mol. The number of rotatable bonds is 6. The Bertz CT molecular complexity index is 407. The molecule has 0 spiro atoms. The normalized spacial score (nSPS) is 18.9. The first-order valence-electron chi connectivity index (χ1n) is 7.92. The molecule has 112 valence electrons. The Morgan fingerprint density at radius 3 is 2.75 bits per heavy atom. The van der Waals surface area contributed by atoms with Crippen molar-refractivity contribution in [2.45, 2.75) is 65.5 Å². The first-order valence-corrected chi connectivity index (χ1v) is 7.92. The number of pyridine rings is 1. The van der Waals surface area contributed by atoms with Crippen molar-refractivity contribution in [3.05, 3.63) is 23.9 Å². The number of nitrogens with one attached hydrogen (secondary N) is 1. The van der Waals surface area contributed by atoms with E-state index in [9.17, 15) is 0 Å². The minimum atomic E-state index is 0.342. The van der Waals surface area contributed by atoms with Crippen molar-refractivity contribution in [3.8, 4) is 5.88 Å². The highest BCUT2D eigenvalue weighted by molar-refractivity contribution is 5.16. The first-order chi connectivity index (χ1) is 9.59. The molecule has 0 atom stereocenters. The fourth-order valence-electron chi connectivity index (χ4n) is 2.68. The minimum Gasteiger partial charge on any atom is -0.474 e. The van der Waals surface area contributed by atoms with Crippen molar-refractivity contribution in [1.82, 2.24) is 10.3 Å². The molecule has 0 unspecified atom stereocenters. The highest BCUT2D eigenvalue weighted by Gasteiger charge is 2.27. The molecule has 1 aliphatic rings. The molecular formula is C17H28N2O. The second-order valence-electron chi connectivity index (χ2n) is 6.63. The summed E-state index contributed by atoms with van der Waals surface area (Å²) in [6.45, 7) is 8.72. The Hall–Kier alpha value is -1.09. The SMILES string of the molecule is CCCNCc1cccc(OC2CCC(C)(C)CC2)n1. The molecule has 1 saturated carbocycles. The van der Waals surface area contributed by atoms with Gasteiger partial charge < -0.3 is 10.1 Å². The molecule has 0 saturated heterocycles. The standard InChI is InChI=1S/C17H28N2O/c1-4-12-18-13-14-6-5-7-16(19-14)20-15-8-10-17(2,3)11-9-15/h5-7,15,18H,4,8-13H2,1-3H3. The van der Waals surface area contributed by atoms with Crippen LogP contribution in [-0.4, -0.2) is 17.6 Å². The van der Waals surface area contributed by atoms with Gasteiger partial charge in [-0.3, -0.25) is 0 Å². The van der Waals surface area contributed by atoms with E-state index in [4.69, 9.17) is 4.74 Å². The zero-order valence-corrected chi connectivity index (χ0v) is 13.1. The molecule has 0 aliphatic heterocycles. The van der Waals surface area contributed by atoms with Gasteiger partial charge in [0.05, 0.1) is 5.69 Å². The molecule has 0 aromatic carbocycles. The van der Waals surface area contributed by atoms with E-state index in [-0.39, 0.29) is 0 Å². The van der Waals surface area contributed by atoms with Gasteiger partial charge in [0.25, 0.3) is 0 Å². The summed E-state index contributed by atoms with van der Waals surface area (Å²) in [6, 6.07) is 6.07. The summed E-state index contributed by atoms with van der Waals surface area (Å²) in [6.07, 6.45) is 6.27. The van der Waals surface area contributed by atoms with Gasteiger partial charge in [0.1, 0.15) is 6.10 Å². The Morgan fingerprint density at radius 2 is 2.05 bits per heavy atom. The minimum absolute atomic E-state index is 0.342. The maximum absolute atomic E-state index is 6.06. The van der Waals surface area contributed by atoms with Crippen LogP contribution in [0.25, 0.3) is 0 Å². The van der Waals surface area contributed by atoms with Gasteiger partial charge in [-0.2, -0.15) is 0 Å². The lowest BCUT2D eigenvalue weighted by atomic mass is 9.76. The summed E-state index contributed by atoms with van der Waals surface area (Å²) in [5.74, 6) is 0.783. The smallest absolute Gasteiger partial charge is 0.213 e. The van der Waals surface area contributed by atoms with Gasteiger partial charge >= 0.3 is 0 Å². The summed E-state index contributed by atoms with van der Waals surface area (Å²) in [7, 11) is 0. The summed E-state index contributed by atoms with van der Waals surface area (Å²) < 4.78 is 6.06. The molecule has 1 N–H and O–H groups in total. The maximum Gasteiger partial charge on any atom is 0.213 e. The second kappa shape index (κ2) is 7.07. The van der Waals surface area contributed by atoms with Gasteiger partial charge in [-0.1, -0.05) is 26.8 Å². The lowest BCUT2D eigenvalue weighted by Gasteiger charge is -2.34. The molecule has 3 heteroatoms. The molecule has 1 heterocycles. The van der Waals surface area contributed by atoms with Gasteiger partial charge in [0.15, 0.2) is 0 Å². The van der Waals surface area contributed by atoms with E-state index >= 15 is 0 Å². The van der Waals surface area contributed by atoms with Crippen molar-refractivity contribution in [3.63, 3.8) is 0 Å². The summed E-state index contributed by atoms with van der Waals surface area (Å²) in [4.78, 5) is 4.59. The fraction of sp³-hybridized carbons (Fsp3) is 0.706. The zero-order chi connectivity index (χ0) is 14.4. The van der Waals surface area contributed by atoms with Crippen molar-refractivity contribution in [1.29, 1.82) is 0 Å². The molecule has 1 aromatic rings. The molecule has 2 rings (SSSR count). The van der Waals surface area contributed by atoms with E-state index in [1.807, 2.05) is 12.1 Å². The third kappa shape index (κ3) is 4.78. The van der Waals surface area contributed by atoms with Gasteiger partial charge in [-0.25, -0.2) is 4.98 Å². The highest BCUT2D eigenvalue weighted by Crippen LogP contribution is 2.36. The largest absolute Gasteiger partial charge is 0.474 e. The van der Waals surface area contributed by atoms with Crippen LogP contribution in [0.5, 0.6) is 5.88 Å². The second-order valence-corrected chi connectivity index (χ2v) is 6.63. The Kier molecular flexibility index (Phi) is 5.41. The first kappa shape index (κ1) is 15.3. The van der Waals surface area contributed by atoms with Crippen LogP contribution in [0.15, 0.2) is 18.2 Å². The molecule has 3 nitrogen and oxygen atoms in total. The van der Waals surface area contributed by atoms with Gasteiger partial charge in [0, 0.05) is 12.6 Å². The fourth-order valence-corrected chi connectivity index (χ4v) is 2.68. The predicted octanol–water partition coefficient (Wildman–Crippen LogP) is 3.93. The third-order valence-electron chi connectivity index (χ3n) is 4.09. The molecule has 1 fully saturated rings. The van der Waals surface area contributed by atoms with E-state index < -0.39 is 0 Å². The maximum atomic E-state index is 6.06.